The quantitative estimate of drug-likeness (QED) is 0.587. The van der Waals surface area contributed by atoms with Crippen LogP contribution >= 0.6 is 0 Å². The van der Waals surface area contributed by atoms with E-state index in [4.69, 9.17) is 5.11 Å². The summed E-state index contributed by atoms with van der Waals surface area (Å²) >= 11 is 0. The fourth-order valence-corrected chi connectivity index (χ4v) is 1.98. The average molecular weight is 141 g/mol. The zero-order valence-corrected chi connectivity index (χ0v) is 6.27. The minimum absolute atomic E-state index is 0.364. The maximum atomic E-state index is 8.69. The highest BCUT2D eigenvalue weighted by Crippen LogP contribution is 2.45. The SMILES string of the molecule is OCCC1CNC2(CC2)C1. The first-order chi connectivity index (χ1) is 4.85. The van der Waals surface area contributed by atoms with Gasteiger partial charge in [0.2, 0.25) is 0 Å². The van der Waals surface area contributed by atoms with Crippen LogP contribution in [0.1, 0.15) is 25.7 Å². The Kier molecular flexibility index (Phi) is 1.46. The van der Waals surface area contributed by atoms with Gasteiger partial charge in [-0.1, -0.05) is 0 Å². The van der Waals surface area contributed by atoms with Crippen molar-refractivity contribution in [2.75, 3.05) is 13.2 Å². The Hall–Kier alpha value is -0.0800. The minimum atomic E-state index is 0.364. The Morgan fingerprint density at radius 3 is 2.80 bits per heavy atom. The Morgan fingerprint density at radius 1 is 1.50 bits per heavy atom. The number of aliphatic hydroxyl groups is 1. The summed E-state index contributed by atoms with van der Waals surface area (Å²) in [7, 11) is 0. The number of nitrogens with one attached hydrogen (secondary N) is 1. The van der Waals surface area contributed by atoms with Crippen molar-refractivity contribution in [2.24, 2.45) is 5.92 Å². The van der Waals surface area contributed by atoms with E-state index in [0.717, 1.165) is 18.9 Å². The molecule has 2 nitrogen and oxygen atoms in total. The first-order valence-electron chi connectivity index (χ1n) is 4.21. The van der Waals surface area contributed by atoms with E-state index >= 15 is 0 Å². The highest BCUT2D eigenvalue weighted by Gasteiger charge is 2.47. The van der Waals surface area contributed by atoms with E-state index in [1.165, 1.54) is 19.3 Å². The predicted octanol–water partition coefficient (Wildman–Crippen LogP) is 0.511. The van der Waals surface area contributed by atoms with Crippen LogP contribution in [0.5, 0.6) is 0 Å². The molecule has 0 radical (unpaired) electrons. The standard InChI is InChI=1S/C8H15NO/c10-4-1-7-5-8(2-3-8)9-6-7/h7,9-10H,1-6H2. The number of hydrogen-bond donors (Lipinski definition) is 2. The van der Waals surface area contributed by atoms with Crippen LogP contribution in [0.15, 0.2) is 0 Å². The highest BCUT2D eigenvalue weighted by molar-refractivity contribution is 5.07. The zero-order valence-electron chi connectivity index (χ0n) is 6.27. The summed E-state index contributed by atoms with van der Waals surface area (Å²) in [5.74, 6) is 0.757. The minimum Gasteiger partial charge on any atom is -0.396 e. The molecule has 1 atom stereocenters. The molecule has 0 aromatic rings. The third-order valence-corrected chi connectivity index (χ3v) is 2.84. The summed E-state index contributed by atoms with van der Waals surface area (Å²) < 4.78 is 0. The summed E-state index contributed by atoms with van der Waals surface area (Å²) in [5.41, 5.74) is 0.555. The molecular formula is C8H15NO. The molecule has 2 fully saturated rings. The van der Waals surface area contributed by atoms with Crippen LogP contribution in [0.2, 0.25) is 0 Å². The molecule has 2 heteroatoms. The van der Waals surface area contributed by atoms with Gasteiger partial charge in [0.25, 0.3) is 0 Å². The van der Waals surface area contributed by atoms with Gasteiger partial charge >= 0.3 is 0 Å². The van der Waals surface area contributed by atoms with Crippen LogP contribution in [0.25, 0.3) is 0 Å². The molecule has 2 aliphatic rings. The van der Waals surface area contributed by atoms with Crippen molar-refractivity contribution in [3.8, 4) is 0 Å². The van der Waals surface area contributed by atoms with Gasteiger partial charge in [-0.05, 0) is 38.1 Å². The van der Waals surface area contributed by atoms with Crippen molar-refractivity contribution in [3.05, 3.63) is 0 Å². The Bertz CT molecular complexity index is 131. The van der Waals surface area contributed by atoms with Gasteiger partial charge in [0.1, 0.15) is 0 Å². The molecule has 1 saturated carbocycles. The second kappa shape index (κ2) is 2.21. The van der Waals surface area contributed by atoms with Crippen LogP contribution in [0.3, 0.4) is 0 Å². The molecule has 1 saturated heterocycles. The molecule has 10 heavy (non-hydrogen) atoms. The summed E-state index contributed by atoms with van der Waals surface area (Å²) in [6, 6.07) is 0. The van der Waals surface area contributed by atoms with E-state index in [2.05, 4.69) is 5.32 Å². The van der Waals surface area contributed by atoms with Gasteiger partial charge in [0.15, 0.2) is 0 Å². The molecule has 1 heterocycles. The Morgan fingerprint density at radius 2 is 2.30 bits per heavy atom. The van der Waals surface area contributed by atoms with Crippen LogP contribution in [-0.2, 0) is 0 Å². The van der Waals surface area contributed by atoms with Crippen molar-refractivity contribution < 1.29 is 5.11 Å². The summed E-state index contributed by atoms with van der Waals surface area (Å²) in [5, 5.41) is 12.2. The molecule has 1 spiro atoms. The van der Waals surface area contributed by atoms with Gasteiger partial charge in [-0.25, -0.2) is 0 Å². The highest BCUT2D eigenvalue weighted by atomic mass is 16.3. The molecule has 2 rings (SSSR count). The van der Waals surface area contributed by atoms with Crippen LogP contribution in [-0.4, -0.2) is 23.8 Å². The van der Waals surface area contributed by atoms with Gasteiger partial charge < -0.3 is 10.4 Å². The molecule has 1 aliphatic heterocycles. The van der Waals surface area contributed by atoms with Crippen molar-refractivity contribution in [3.63, 3.8) is 0 Å². The molecule has 2 N–H and O–H groups in total. The van der Waals surface area contributed by atoms with E-state index < -0.39 is 0 Å². The van der Waals surface area contributed by atoms with Crippen LogP contribution < -0.4 is 5.32 Å². The molecule has 0 aromatic heterocycles. The lowest BCUT2D eigenvalue weighted by molar-refractivity contribution is 0.261. The van der Waals surface area contributed by atoms with Crippen molar-refractivity contribution >= 4 is 0 Å². The lowest BCUT2D eigenvalue weighted by atomic mass is 10.0. The van der Waals surface area contributed by atoms with E-state index in [9.17, 15) is 0 Å². The smallest absolute Gasteiger partial charge is 0.0434 e. The number of rotatable bonds is 2. The predicted molar refractivity (Wildman–Crippen MR) is 39.8 cm³/mol. The first-order valence-corrected chi connectivity index (χ1v) is 4.21. The molecule has 0 amide bonds. The zero-order chi connectivity index (χ0) is 7.03. The van der Waals surface area contributed by atoms with Gasteiger partial charge in [-0.15, -0.1) is 0 Å². The van der Waals surface area contributed by atoms with Crippen LogP contribution in [0.4, 0.5) is 0 Å². The van der Waals surface area contributed by atoms with Gasteiger partial charge in [0.05, 0.1) is 0 Å². The third-order valence-electron chi connectivity index (χ3n) is 2.84. The lowest BCUT2D eigenvalue weighted by Gasteiger charge is -2.05. The van der Waals surface area contributed by atoms with Gasteiger partial charge in [-0.3, -0.25) is 0 Å². The van der Waals surface area contributed by atoms with Gasteiger partial charge in [0, 0.05) is 12.1 Å². The normalized spacial score (nSPS) is 35.1. The van der Waals surface area contributed by atoms with Crippen molar-refractivity contribution in [1.82, 2.24) is 5.32 Å². The molecule has 0 aromatic carbocycles. The first kappa shape index (κ1) is 6.62. The van der Waals surface area contributed by atoms with E-state index in [1.807, 2.05) is 0 Å². The van der Waals surface area contributed by atoms with Gasteiger partial charge in [-0.2, -0.15) is 0 Å². The maximum Gasteiger partial charge on any atom is 0.0434 e. The molecule has 58 valence electrons. The Balaban J connectivity index is 1.82. The van der Waals surface area contributed by atoms with Crippen molar-refractivity contribution in [1.29, 1.82) is 0 Å². The number of hydrogen-bond acceptors (Lipinski definition) is 2. The molecule has 1 unspecified atom stereocenters. The third kappa shape index (κ3) is 1.06. The second-order valence-electron chi connectivity index (χ2n) is 3.74. The fraction of sp³-hybridized carbons (Fsp3) is 1.00. The van der Waals surface area contributed by atoms with E-state index in [-0.39, 0.29) is 0 Å². The fourth-order valence-electron chi connectivity index (χ4n) is 1.98. The summed E-state index contributed by atoms with van der Waals surface area (Å²) in [6.45, 7) is 1.50. The topological polar surface area (TPSA) is 32.3 Å². The molecule has 1 aliphatic carbocycles. The van der Waals surface area contributed by atoms with E-state index in [0.29, 0.717) is 12.1 Å². The second-order valence-corrected chi connectivity index (χ2v) is 3.74. The maximum absolute atomic E-state index is 8.69. The monoisotopic (exact) mass is 141 g/mol. The Labute approximate surface area is 61.6 Å². The van der Waals surface area contributed by atoms with Crippen LogP contribution in [0, 0.1) is 5.92 Å². The lowest BCUT2D eigenvalue weighted by Crippen LogP contribution is -2.22. The summed E-state index contributed by atoms with van der Waals surface area (Å²) in [6.07, 6.45) is 5.05. The molecule has 0 bridgehead atoms. The molecular weight excluding hydrogens is 126 g/mol. The number of aliphatic hydroxyl groups excluding tert-OH is 1. The van der Waals surface area contributed by atoms with E-state index in [1.54, 1.807) is 0 Å². The summed E-state index contributed by atoms with van der Waals surface area (Å²) in [4.78, 5) is 0. The average Bonchev–Trinajstić information content (AvgIpc) is 2.52. The van der Waals surface area contributed by atoms with Crippen molar-refractivity contribution in [2.45, 2.75) is 31.2 Å². The largest absolute Gasteiger partial charge is 0.396 e.